The molecular weight excluding hydrogens is 354 g/mol. The second-order valence-corrected chi connectivity index (χ2v) is 6.47. The van der Waals surface area contributed by atoms with E-state index in [1.807, 2.05) is 11.4 Å². The molecule has 1 rings (SSSR count). The molecule has 2 nitrogen and oxygen atoms in total. The standard InChI is InChI=1S/C11H15Br2NOS/c1-7(2)5-8(6-12)14-11(15)10-9(13)3-4-16-10/h3-4,7-8H,5-6H2,1-2H3,(H,14,15). The maximum atomic E-state index is 11.9. The van der Waals surface area contributed by atoms with Gasteiger partial charge in [0, 0.05) is 15.8 Å². The van der Waals surface area contributed by atoms with Crippen molar-refractivity contribution in [1.29, 1.82) is 0 Å². The summed E-state index contributed by atoms with van der Waals surface area (Å²) in [6.45, 7) is 4.31. The number of carbonyl (C=O) groups excluding carboxylic acids is 1. The van der Waals surface area contributed by atoms with Gasteiger partial charge in [-0.3, -0.25) is 4.79 Å². The monoisotopic (exact) mass is 367 g/mol. The zero-order chi connectivity index (χ0) is 12.1. The van der Waals surface area contributed by atoms with Gasteiger partial charge in [0.1, 0.15) is 4.88 Å². The van der Waals surface area contributed by atoms with E-state index in [1.54, 1.807) is 0 Å². The Balaban J connectivity index is 2.59. The van der Waals surface area contributed by atoms with Crippen molar-refractivity contribution >= 4 is 49.1 Å². The molecule has 0 radical (unpaired) electrons. The Morgan fingerprint density at radius 2 is 2.25 bits per heavy atom. The molecule has 1 unspecified atom stereocenters. The van der Waals surface area contributed by atoms with Crippen LogP contribution in [0.5, 0.6) is 0 Å². The van der Waals surface area contributed by atoms with Crippen LogP contribution in [0.15, 0.2) is 15.9 Å². The van der Waals surface area contributed by atoms with Crippen molar-refractivity contribution in [3.05, 3.63) is 20.8 Å². The number of halogens is 2. The summed E-state index contributed by atoms with van der Waals surface area (Å²) < 4.78 is 0.868. The molecule has 1 amide bonds. The first-order valence-electron chi connectivity index (χ1n) is 5.14. The smallest absolute Gasteiger partial charge is 0.262 e. The van der Waals surface area contributed by atoms with Gasteiger partial charge in [0.15, 0.2) is 0 Å². The highest BCUT2D eigenvalue weighted by atomic mass is 79.9. The van der Waals surface area contributed by atoms with Crippen LogP contribution in [0.4, 0.5) is 0 Å². The van der Waals surface area contributed by atoms with Crippen molar-refractivity contribution in [3.63, 3.8) is 0 Å². The molecule has 0 aliphatic heterocycles. The van der Waals surface area contributed by atoms with Crippen molar-refractivity contribution < 1.29 is 4.79 Å². The summed E-state index contributed by atoms with van der Waals surface area (Å²) in [4.78, 5) is 12.7. The molecule has 5 heteroatoms. The van der Waals surface area contributed by atoms with Crippen LogP contribution in [-0.2, 0) is 0 Å². The summed E-state index contributed by atoms with van der Waals surface area (Å²) in [6.07, 6.45) is 0.986. The Bertz CT molecular complexity index is 352. The molecule has 0 aliphatic rings. The molecule has 1 atom stereocenters. The molecule has 0 bridgehead atoms. The summed E-state index contributed by atoms with van der Waals surface area (Å²) >= 11 is 8.25. The van der Waals surface area contributed by atoms with Crippen LogP contribution in [0.25, 0.3) is 0 Å². The van der Waals surface area contributed by atoms with E-state index in [9.17, 15) is 4.79 Å². The van der Waals surface area contributed by atoms with Gasteiger partial charge in [0.05, 0.1) is 0 Å². The molecule has 1 aromatic heterocycles. The molecular formula is C11H15Br2NOS. The van der Waals surface area contributed by atoms with Crippen LogP contribution in [0.2, 0.25) is 0 Å². The molecule has 90 valence electrons. The molecule has 0 aromatic carbocycles. The van der Waals surface area contributed by atoms with Crippen LogP contribution >= 0.6 is 43.2 Å². The first kappa shape index (κ1) is 14.2. The Labute approximate surface area is 117 Å². The number of hydrogen-bond donors (Lipinski definition) is 1. The van der Waals surface area contributed by atoms with E-state index in [4.69, 9.17) is 0 Å². The number of carbonyl (C=O) groups is 1. The molecule has 16 heavy (non-hydrogen) atoms. The molecule has 0 aliphatic carbocycles. The summed E-state index contributed by atoms with van der Waals surface area (Å²) in [5.74, 6) is 0.585. The molecule has 0 fully saturated rings. The zero-order valence-electron chi connectivity index (χ0n) is 9.30. The number of thiophene rings is 1. The third-order valence-electron chi connectivity index (χ3n) is 2.10. The minimum absolute atomic E-state index is 0.00646. The maximum absolute atomic E-state index is 11.9. The van der Waals surface area contributed by atoms with E-state index in [2.05, 4.69) is 51.0 Å². The van der Waals surface area contributed by atoms with E-state index >= 15 is 0 Å². The third-order valence-corrected chi connectivity index (χ3v) is 4.72. The lowest BCUT2D eigenvalue weighted by molar-refractivity contribution is 0.0940. The van der Waals surface area contributed by atoms with E-state index in [1.165, 1.54) is 11.3 Å². The summed E-state index contributed by atoms with van der Waals surface area (Å²) in [6, 6.07) is 2.09. The van der Waals surface area contributed by atoms with Crippen LogP contribution in [-0.4, -0.2) is 17.3 Å². The van der Waals surface area contributed by atoms with Gasteiger partial charge in [-0.15, -0.1) is 11.3 Å². The third kappa shape index (κ3) is 4.18. The molecule has 1 heterocycles. The van der Waals surface area contributed by atoms with Gasteiger partial charge in [0.25, 0.3) is 5.91 Å². The van der Waals surface area contributed by atoms with Crippen molar-refractivity contribution in [1.82, 2.24) is 5.32 Å². The van der Waals surface area contributed by atoms with Gasteiger partial charge in [-0.2, -0.15) is 0 Å². The number of hydrogen-bond acceptors (Lipinski definition) is 2. The highest BCUT2D eigenvalue weighted by Gasteiger charge is 2.16. The number of nitrogens with one attached hydrogen (secondary N) is 1. The van der Waals surface area contributed by atoms with Crippen molar-refractivity contribution in [2.45, 2.75) is 26.3 Å². The lowest BCUT2D eigenvalue weighted by Gasteiger charge is -2.17. The van der Waals surface area contributed by atoms with Gasteiger partial charge >= 0.3 is 0 Å². The summed E-state index contributed by atoms with van der Waals surface area (Å²) in [5.41, 5.74) is 0. The van der Waals surface area contributed by atoms with Crippen molar-refractivity contribution in [3.8, 4) is 0 Å². The van der Waals surface area contributed by atoms with Gasteiger partial charge in [-0.1, -0.05) is 29.8 Å². The Morgan fingerprint density at radius 1 is 1.56 bits per heavy atom. The Kier molecular flexibility index (Phi) is 6.00. The largest absolute Gasteiger partial charge is 0.348 e. The predicted molar refractivity (Wildman–Crippen MR) is 76.5 cm³/mol. The summed E-state index contributed by atoms with van der Waals surface area (Å²) in [5, 5.41) is 5.73. The molecule has 0 saturated heterocycles. The second kappa shape index (κ2) is 6.77. The fourth-order valence-corrected chi connectivity index (χ4v) is 3.32. The average molecular weight is 369 g/mol. The zero-order valence-corrected chi connectivity index (χ0v) is 13.3. The quantitative estimate of drug-likeness (QED) is 0.780. The molecule has 0 spiro atoms. The van der Waals surface area contributed by atoms with Gasteiger partial charge < -0.3 is 5.32 Å². The fourth-order valence-electron chi connectivity index (χ4n) is 1.44. The number of rotatable bonds is 5. The van der Waals surface area contributed by atoms with Crippen molar-refractivity contribution in [2.24, 2.45) is 5.92 Å². The first-order chi connectivity index (χ1) is 7.54. The minimum Gasteiger partial charge on any atom is -0.348 e. The van der Waals surface area contributed by atoms with E-state index in [0.717, 1.165) is 21.1 Å². The lowest BCUT2D eigenvalue weighted by Crippen LogP contribution is -2.36. The van der Waals surface area contributed by atoms with Gasteiger partial charge in [-0.25, -0.2) is 0 Å². The van der Waals surface area contributed by atoms with E-state index in [-0.39, 0.29) is 11.9 Å². The number of amides is 1. The van der Waals surface area contributed by atoms with Crippen LogP contribution in [0.1, 0.15) is 29.9 Å². The predicted octanol–water partition coefficient (Wildman–Crippen LogP) is 4.05. The Hall–Kier alpha value is 0.130. The molecule has 1 N–H and O–H groups in total. The average Bonchev–Trinajstić information content (AvgIpc) is 2.62. The topological polar surface area (TPSA) is 29.1 Å². The van der Waals surface area contributed by atoms with Crippen LogP contribution < -0.4 is 5.32 Å². The fraction of sp³-hybridized carbons (Fsp3) is 0.545. The van der Waals surface area contributed by atoms with Crippen LogP contribution in [0.3, 0.4) is 0 Å². The van der Waals surface area contributed by atoms with E-state index in [0.29, 0.717) is 5.92 Å². The summed E-state index contributed by atoms with van der Waals surface area (Å²) in [7, 11) is 0. The van der Waals surface area contributed by atoms with E-state index < -0.39 is 0 Å². The SMILES string of the molecule is CC(C)CC(CBr)NC(=O)c1sccc1Br. The Morgan fingerprint density at radius 3 is 2.69 bits per heavy atom. The van der Waals surface area contributed by atoms with Gasteiger partial charge in [0.2, 0.25) is 0 Å². The molecule has 0 saturated carbocycles. The van der Waals surface area contributed by atoms with Gasteiger partial charge in [-0.05, 0) is 39.7 Å². The first-order valence-corrected chi connectivity index (χ1v) is 7.93. The number of alkyl halides is 1. The highest BCUT2D eigenvalue weighted by Crippen LogP contribution is 2.22. The maximum Gasteiger partial charge on any atom is 0.262 e. The second-order valence-electron chi connectivity index (χ2n) is 4.05. The molecule has 1 aromatic rings. The lowest BCUT2D eigenvalue weighted by atomic mass is 10.1. The van der Waals surface area contributed by atoms with Crippen molar-refractivity contribution in [2.75, 3.05) is 5.33 Å². The van der Waals surface area contributed by atoms with Crippen LogP contribution in [0, 0.1) is 5.92 Å². The normalized spacial score (nSPS) is 12.8. The highest BCUT2D eigenvalue weighted by molar-refractivity contribution is 9.10. The minimum atomic E-state index is 0.00646.